The van der Waals surface area contributed by atoms with Crippen LogP contribution in [0.25, 0.3) is 5.69 Å². The van der Waals surface area contributed by atoms with Crippen molar-refractivity contribution in [2.24, 2.45) is 0 Å². The molecule has 0 aliphatic carbocycles. The predicted octanol–water partition coefficient (Wildman–Crippen LogP) is 5.32. The maximum absolute atomic E-state index is 13.6. The maximum atomic E-state index is 13.6. The van der Waals surface area contributed by atoms with Gasteiger partial charge in [-0.05, 0) is 66.4 Å². The zero-order valence-electron chi connectivity index (χ0n) is 17.7. The Balaban J connectivity index is 1.50. The second-order valence-electron chi connectivity index (χ2n) is 7.87. The molecule has 0 saturated carbocycles. The summed E-state index contributed by atoms with van der Waals surface area (Å²) in [5.41, 5.74) is 3.50. The molecule has 0 atom stereocenters. The molecule has 7 heteroatoms. The number of ether oxygens (including phenoxy) is 1. The molecule has 1 aliphatic rings. The molecule has 3 aromatic carbocycles. The third-order valence-electron chi connectivity index (χ3n) is 5.64. The Hall–Kier alpha value is -4.00. The van der Waals surface area contributed by atoms with Gasteiger partial charge in [0, 0.05) is 12.2 Å². The Morgan fingerprint density at radius 3 is 2.39 bits per heavy atom. The Morgan fingerprint density at radius 1 is 0.939 bits per heavy atom. The average Bonchev–Trinajstić information content (AvgIpc) is 3.27. The predicted molar refractivity (Wildman–Crippen MR) is 121 cm³/mol. The summed E-state index contributed by atoms with van der Waals surface area (Å²) < 4.78 is 34.1. The van der Waals surface area contributed by atoms with Gasteiger partial charge in [0.2, 0.25) is 0 Å². The SMILES string of the molecule is O=C(c1nn(-c2ccc(F)cc2)cc1OCc1ccc(F)cc1)N1CCCc2ccccc21. The molecular weight excluding hydrogens is 424 g/mol. The largest absolute Gasteiger partial charge is 0.485 e. The van der Waals surface area contributed by atoms with Crippen LogP contribution in [-0.4, -0.2) is 22.2 Å². The van der Waals surface area contributed by atoms with Gasteiger partial charge in [-0.2, -0.15) is 5.10 Å². The van der Waals surface area contributed by atoms with Crippen LogP contribution in [0.5, 0.6) is 5.75 Å². The van der Waals surface area contributed by atoms with E-state index in [-0.39, 0.29) is 29.8 Å². The first-order valence-electron chi connectivity index (χ1n) is 10.7. The lowest BCUT2D eigenvalue weighted by molar-refractivity contribution is 0.0975. The van der Waals surface area contributed by atoms with Crippen LogP contribution in [0.2, 0.25) is 0 Å². The Bertz CT molecular complexity index is 1280. The fraction of sp³-hybridized carbons (Fsp3) is 0.154. The number of aryl methyl sites for hydroxylation is 1. The highest BCUT2D eigenvalue weighted by Gasteiger charge is 2.28. The van der Waals surface area contributed by atoms with E-state index < -0.39 is 0 Å². The molecule has 0 spiro atoms. The number of hydrogen-bond donors (Lipinski definition) is 0. The number of benzene rings is 3. The van der Waals surface area contributed by atoms with E-state index in [1.807, 2.05) is 24.3 Å². The Labute approximate surface area is 189 Å². The normalized spacial score (nSPS) is 13.0. The molecule has 5 rings (SSSR count). The Kier molecular flexibility index (Phi) is 5.60. The molecule has 0 fully saturated rings. The van der Waals surface area contributed by atoms with Gasteiger partial charge in [-0.15, -0.1) is 0 Å². The maximum Gasteiger partial charge on any atom is 0.282 e. The van der Waals surface area contributed by atoms with E-state index in [0.717, 1.165) is 29.7 Å². The van der Waals surface area contributed by atoms with Gasteiger partial charge < -0.3 is 9.64 Å². The number of carbonyl (C=O) groups excluding carboxylic acids is 1. The van der Waals surface area contributed by atoms with Gasteiger partial charge in [0.15, 0.2) is 11.4 Å². The summed E-state index contributed by atoms with van der Waals surface area (Å²) in [5, 5.41) is 4.50. The highest BCUT2D eigenvalue weighted by Crippen LogP contribution is 2.30. The number of para-hydroxylation sites is 1. The van der Waals surface area contributed by atoms with Gasteiger partial charge in [-0.3, -0.25) is 4.79 Å². The number of nitrogens with zero attached hydrogens (tertiary/aromatic N) is 3. The monoisotopic (exact) mass is 445 g/mol. The number of amides is 1. The summed E-state index contributed by atoms with van der Waals surface area (Å²) in [6, 6.07) is 19.6. The summed E-state index contributed by atoms with van der Waals surface area (Å²) in [6.45, 7) is 0.725. The van der Waals surface area contributed by atoms with E-state index in [0.29, 0.717) is 18.0 Å². The molecule has 1 aliphatic heterocycles. The van der Waals surface area contributed by atoms with Gasteiger partial charge >= 0.3 is 0 Å². The van der Waals surface area contributed by atoms with Crippen molar-refractivity contribution in [3.05, 3.63) is 107 Å². The van der Waals surface area contributed by atoms with Gasteiger partial charge in [0.05, 0.1) is 11.9 Å². The van der Waals surface area contributed by atoms with Crippen molar-refractivity contribution in [2.75, 3.05) is 11.4 Å². The molecule has 5 nitrogen and oxygen atoms in total. The number of aromatic nitrogens is 2. The van der Waals surface area contributed by atoms with E-state index >= 15 is 0 Å². The minimum absolute atomic E-state index is 0.145. The second-order valence-corrected chi connectivity index (χ2v) is 7.87. The van der Waals surface area contributed by atoms with Crippen molar-refractivity contribution in [3.63, 3.8) is 0 Å². The van der Waals surface area contributed by atoms with E-state index in [1.54, 1.807) is 35.4 Å². The van der Waals surface area contributed by atoms with Gasteiger partial charge in [0.25, 0.3) is 5.91 Å². The summed E-state index contributed by atoms with van der Waals surface area (Å²) in [7, 11) is 0. The molecular formula is C26H21F2N3O2. The van der Waals surface area contributed by atoms with E-state index in [2.05, 4.69) is 5.10 Å². The van der Waals surface area contributed by atoms with Crippen LogP contribution in [0.3, 0.4) is 0 Å². The first-order chi connectivity index (χ1) is 16.1. The van der Waals surface area contributed by atoms with E-state index in [1.165, 1.54) is 28.9 Å². The molecule has 0 saturated heterocycles. The lowest BCUT2D eigenvalue weighted by Gasteiger charge is -2.29. The van der Waals surface area contributed by atoms with Crippen LogP contribution in [-0.2, 0) is 13.0 Å². The molecule has 1 aromatic heterocycles. The van der Waals surface area contributed by atoms with Gasteiger partial charge in [-0.1, -0.05) is 30.3 Å². The minimum Gasteiger partial charge on any atom is -0.485 e. The van der Waals surface area contributed by atoms with E-state index in [4.69, 9.17) is 4.74 Å². The quantitative estimate of drug-likeness (QED) is 0.418. The van der Waals surface area contributed by atoms with Crippen molar-refractivity contribution in [2.45, 2.75) is 19.4 Å². The molecule has 0 bridgehead atoms. The molecule has 0 unspecified atom stereocenters. The lowest BCUT2D eigenvalue weighted by Crippen LogP contribution is -2.36. The first kappa shape index (κ1) is 20.9. The lowest BCUT2D eigenvalue weighted by atomic mass is 10.0. The smallest absolute Gasteiger partial charge is 0.282 e. The fourth-order valence-electron chi connectivity index (χ4n) is 3.95. The molecule has 1 amide bonds. The third-order valence-corrected chi connectivity index (χ3v) is 5.64. The van der Waals surface area contributed by atoms with Crippen molar-refractivity contribution < 1.29 is 18.3 Å². The minimum atomic E-state index is -0.361. The van der Waals surface area contributed by atoms with Crippen LogP contribution in [0.15, 0.2) is 79.0 Å². The highest BCUT2D eigenvalue weighted by atomic mass is 19.1. The van der Waals surface area contributed by atoms with Gasteiger partial charge in [0.1, 0.15) is 18.2 Å². The second kappa shape index (κ2) is 8.86. The number of carbonyl (C=O) groups is 1. The number of halogens is 2. The number of anilines is 1. The van der Waals surface area contributed by atoms with Crippen LogP contribution < -0.4 is 9.64 Å². The summed E-state index contributed by atoms with van der Waals surface area (Å²) in [5.74, 6) is -0.656. The van der Waals surface area contributed by atoms with Crippen molar-refractivity contribution in [1.82, 2.24) is 9.78 Å². The highest BCUT2D eigenvalue weighted by molar-refractivity contribution is 6.07. The van der Waals surface area contributed by atoms with Crippen LogP contribution in [0.4, 0.5) is 14.5 Å². The summed E-state index contributed by atoms with van der Waals surface area (Å²) >= 11 is 0. The fourth-order valence-corrected chi connectivity index (χ4v) is 3.95. The van der Waals surface area contributed by atoms with Crippen molar-refractivity contribution in [3.8, 4) is 11.4 Å². The van der Waals surface area contributed by atoms with Crippen LogP contribution in [0, 0.1) is 11.6 Å². The summed E-state index contributed by atoms with van der Waals surface area (Å²) in [6.07, 6.45) is 3.38. The number of rotatable bonds is 5. The van der Waals surface area contributed by atoms with Crippen molar-refractivity contribution in [1.29, 1.82) is 0 Å². The van der Waals surface area contributed by atoms with Crippen LogP contribution in [0.1, 0.15) is 28.0 Å². The standard InChI is InChI=1S/C26H21F2N3O2/c27-20-9-7-18(8-10-20)17-33-24-16-31(22-13-11-21(28)12-14-22)29-25(24)26(32)30-15-3-5-19-4-1-2-6-23(19)30/h1-2,4,6-14,16H,3,5,15,17H2. The Morgan fingerprint density at radius 2 is 1.64 bits per heavy atom. The molecule has 0 N–H and O–H groups in total. The van der Waals surface area contributed by atoms with Crippen molar-refractivity contribution >= 4 is 11.6 Å². The number of hydrogen-bond acceptors (Lipinski definition) is 3. The zero-order valence-corrected chi connectivity index (χ0v) is 17.7. The topological polar surface area (TPSA) is 47.4 Å². The molecule has 4 aromatic rings. The zero-order chi connectivity index (χ0) is 22.8. The average molecular weight is 445 g/mol. The van der Waals surface area contributed by atoms with E-state index in [9.17, 15) is 13.6 Å². The summed E-state index contributed by atoms with van der Waals surface area (Å²) in [4.78, 5) is 15.3. The van der Waals surface area contributed by atoms with Crippen LogP contribution >= 0.6 is 0 Å². The molecule has 166 valence electrons. The molecule has 2 heterocycles. The first-order valence-corrected chi connectivity index (χ1v) is 10.7. The number of fused-ring (bicyclic) bond motifs is 1. The third kappa shape index (κ3) is 4.35. The molecule has 33 heavy (non-hydrogen) atoms. The van der Waals surface area contributed by atoms with Gasteiger partial charge in [-0.25, -0.2) is 13.5 Å². The molecule has 0 radical (unpaired) electrons.